The Balaban J connectivity index is 1.91. The highest BCUT2D eigenvalue weighted by Crippen LogP contribution is 2.18. The van der Waals surface area contributed by atoms with Gasteiger partial charge in [-0.1, -0.05) is 29.8 Å². The molecule has 2 rings (SSSR count). The lowest BCUT2D eigenvalue weighted by Crippen LogP contribution is -2.45. The second-order valence-corrected chi connectivity index (χ2v) is 7.15. The standard InChI is InChI=1S/C14H23N3O2S/c1-12-3-2-4-14(9-12)11-16-20(18,19)17-7-5-13(10-15)6-8-17/h2-4,9,13,16H,5-8,10-11,15H2,1H3. The first kappa shape index (κ1) is 15.4. The summed E-state index contributed by atoms with van der Waals surface area (Å²) in [5, 5.41) is 0. The topological polar surface area (TPSA) is 75.4 Å². The van der Waals surface area contributed by atoms with Crippen LogP contribution in [0.2, 0.25) is 0 Å². The Hall–Kier alpha value is -0.950. The van der Waals surface area contributed by atoms with Crippen LogP contribution in [-0.2, 0) is 16.8 Å². The Morgan fingerprint density at radius 3 is 2.65 bits per heavy atom. The Kier molecular flexibility index (Phi) is 5.15. The minimum absolute atomic E-state index is 0.334. The maximum Gasteiger partial charge on any atom is 0.279 e. The molecule has 112 valence electrons. The van der Waals surface area contributed by atoms with E-state index in [-0.39, 0.29) is 0 Å². The van der Waals surface area contributed by atoms with Crippen LogP contribution in [0.1, 0.15) is 24.0 Å². The molecule has 1 saturated heterocycles. The molecule has 0 aromatic heterocycles. The summed E-state index contributed by atoms with van der Waals surface area (Å²) >= 11 is 0. The maximum absolute atomic E-state index is 12.2. The van der Waals surface area contributed by atoms with Crippen molar-refractivity contribution in [1.82, 2.24) is 9.03 Å². The quantitative estimate of drug-likeness (QED) is 0.851. The lowest BCUT2D eigenvalue weighted by Gasteiger charge is -2.30. The predicted molar refractivity (Wildman–Crippen MR) is 80.3 cm³/mol. The first-order valence-electron chi connectivity index (χ1n) is 7.01. The van der Waals surface area contributed by atoms with Crippen molar-refractivity contribution in [1.29, 1.82) is 0 Å². The first-order valence-corrected chi connectivity index (χ1v) is 8.45. The summed E-state index contributed by atoms with van der Waals surface area (Å²) < 4.78 is 28.6. The number of nitrogens with one attached hydrogen (secondary N) is 1. The number of aryl methyl sites for hydroxylation is 1. The van der Waals surface area contributed by atoms with E-state index < -0.39 is 10.2 Å². The average molecular weight is 297 g/mol. The van der Waals surface area contributed by atoms with Gasteiger partial charge in [0, 0.05) is 19.6 Å². The number of nitrogens with two attached hydrogens (primary N) is 1. The van der Waals surface area contributed by atoms with E-state index in [9.17, 15) is 8.42 Å². The molecular formula is C14H23N3O2S. The van der Waals surface area contributed by atoms with Crippen LogP contribution in [-0.4, -0.2) is 32.4 Å². The van der Waals surface area contributed by atoms with E-state index in [1.807, 2.05) is 31.2 Å². The highest BCUT2D eigenvalue weighted by Gasteiger charge is 2.26. The van der Waals surface area contributed by atoms with Crippen LogP contribution in [0.4, 0.5) is 0 Å². The van der Waals surface area contributed by atoms with Gasteiger partial charge in [0.05, 0.1) is 0 Å². The van der Waals surface area contributed by atoms with Gasteiger partial charge in [-0.3, -0.25) is 0 Å². The van der Waals surface area contributed by atoms with Crippen LogP contribution >= 0.6 is 0 Å². The molecule has 5 nitrogen and oxygen atoms in total. The lowest BCUT2D eigenvalue weighted by molar-refractivity contribution is 0.275. The van der Waals surface area contributed by atoms with Crippen molar-refractivity contribution in [2.75, 3.05) is 19.6 Å². The fourth-order valence-electron chi connectivity index (χ4n) is 2.47. The van der Waals surface area contributed by atoms with Crippen LogP contribution in [0.5, 0.6) is 0 Å². The number of rotatable bonds is 5. The van der Waals surface area contributed by atoms with Gasteiger partial charge in [-0.25, -0.2) is 0 Å². The normalized spacial score (nSPS) is 18.3. The third kappa shape index (κ3) is 4.02. The summed E-state index contributed by atoms with van der Waals surface area (Å²) in [6.45, 7) is 4.09. The van der Waals surface area contributed by atoms with Gasteiger partial charge in [-0.2, -0.15) is 17.4 Å². The smallest absolute Gasteiger partial charge is 0.279 e. The molecule has 6 heteroatoms. The van der Waals surface area contributed by atoms with Crippen molar-refractivity contribution in [2.45, 2.75) is 26.3 Å². The Morgan fingerprint density at radius 1 is 1.35 bits per heavy atom. The van der Waals surface area contributed by atoms with E-state index in [1.54, 1.807) is 0 Å². The van der Waals surface area contributed by atoms with Crippen molar-refractivity contribution in [2.24, 2.45) is 11.7 Å². The zero-order chi connectivity index (χ0) is 14.6. The van der Waals surface area contributed by atoms with Gasteiger partial charge in [-0.15, -0.1) is 0 Å². The Bertz CT molecular complexity index is 537. The number of piperidine rings is 1. The molecule has 1 aromatic carbocycles. The van der Waals surface area contributed by atoms with Crippen LogP contribution < -0.4 is 10.5 Å². The average Bonchev–Trinajstić information content (AvgIpc) is 2.45. The summed E-state index contributed by atoms with van der Waals surface area (Å²) in [7, 11) is -3.38. The maximum atomic E-state index is 12.2. The molecule has 1 fully saturated rings. The van der Waals surface area contributed by atoms with Crippen LogP contribution in [0.3, 0.4) is 0 Å². The largest absolute Gasteiger partial charge is 0.330 e. The van der Waals surface area contributed by atoms with Crippen molar-refractivity contribution in [3.05, 3.63) is 35.4 Å². The summed E-state index contributed by atoms with van der Waals surface area (Å²) in [6.07, 6.45) is 1.70. The van der Waals surface area contributed by atoms with E-state index in [4.69, 9.17) is 5.73 Å². The third-order valence-electron chi connectivity index (χ3n) is 3.79. The summed E-state index contributed by atoms with van der Waals surface area (Å²) in [4.78, 5) is 0. The third-order valence-corrected chi connectivity index (χ3v) is 5.34. The Labute approximate surface area is 121 Å². The number of hydrogen-bond donors (Lipinski definition) is 2. The lowest BCUT2D eigenvalue weighted by atomic mass is 9.99. The summed E-state index contributed by atoms with van der Waals surface area (Å²) in [5.41, 5.74) is 7.73. The molecule has 3 N–H and O–H groups in total. The molecule has 1 aromatic rings. The van der Waals surface area contributed by atoms with Gasteiger partial charge < -0.3 is 5.73 Å². The van der Waals surface area contributed by atoms with Crippen molar-refractivity contribution >= 4 is 10.2 Å². The fourth-order valence-corrected chi connectivity index (χ4v) is 3.70. The minimum atomic E-state index is -3.38. The molecule has 0 amide bonds. The summed E-state index contributed by atoms with van der Waals surface area (Å²) in [6, 6.07) is 7.85. The van der Waals surface area contributed by atoms with E-state index in [0.29, 0.717) is 32.1 Å². The van der Waals surface area contributed by atoms with Gasteiger partial charge in [0.1, 0.15) is 0 Å². The minimum Gasteiger partial charge on any atom is -0.330 e. The molecule has 0 atom stereocenters. The Morgan fingerprint density at radius 2 is 2.05 bits per heavy atom. The highest BCUT2D eigenvalue weighted by molar-refractivity contribution is 7.87. The van der Waals surface area contributed by atoms with Gasteiger partial charge in [-0.05, 0) is 37.8 Å². The molecular weight excluding hydrogens is 274 g/mol. The number of benzene rings is 1. The highest BCUT2D eigenvalue weighted by atomic mass is 32.2. The second-order valence-electron chi connectivity index (χ2n) is 5.39. The van der Waals surface area contributed by atoms with Crippen molar-refractivity contribution < 1.29 is 8.42 Å². The molecule has 20 heavy (non-hydrogen) atoms. The van der Waals surface area contributed by atoms with Crippen LogP contribution in [0, 0.1) is 12.8 Å². The molecule has 0 saturated carbocycles. The number of nitrogens with zero attached hydrogens (tertiary/aromatic N) is 1. The SMILES string of the molecule is Cc1cccc(CNS(=O)(=O)N2CCC(CN)CC2)c1. The zero-order valence-electron chi connectivity index (χ0n) is 11.9. The van der Waals surface area contributed by atoms with E-state index >= 15 is 0 Å². The second kappa shape index (κ2) is 6.67. The van der Waals surface area contributed by atoms with Gasteiger partial charge >= 0.3 is 0 Å². The van der Waals surface area contributed by atoms with E-state index in [1.165, 1.54) is 4.31 Å². The van der Waals surface area contributed by atoms with Gasteiger partial charge in [0.15, 0.2) is 0 Å². The predicted octanol–water partition coefficient (Wildman–Crippen LogP) is 1.00. The molecule has 0 aliphatic carbocycles. The molecule has 0 radical (unpaired) electrons. The van der Waals surface area contributed by atoms with Crippen LogP contribution in [0.15, 0.2) is 24.3 Å². The van der Waals surface area contributed by atoms with E-state index in [2.05, 4.69) is 4.72 Å². The van der Waals surface area contributed by atoms with Gasteiger partial charge in [0.2, 0.25) is 0 Å². The fraction of sp³-hybridized carbons (Fsp3) is 0.571. The first-order chi connectivity index (χ1) is 9.51. The molecule has 0 unspecified atom stereocenters. The molecule has 1 aliphatic heterocycles. The molecule has 1 aliphatic rings. The monoisotopic (exact) mass is 297 g/mol. The zero-order valence-corrected chi connectivity index (χ0v) is 12.7. The van der Waals surface area contributed by atoms with Crippen molar-refractivity contribution in [3.8, 4) is 0 Å². The van der Waals surface area contributed by atoms with E-state index in [0.717, 1.165) is 24.0 Å². The van der Waals surface area contributed by atoms with Crippen LogP contribution in [0.25, 0.3) is 0 Å². The summed E-state index contributed by atoms with van der Waals surface area (Å²) in [5.74, 6) is 0.457. The molecule has 0 bridgehead atoms. The number of hydrogen-bond acceptors (Lipinski definition) is 3. The van der Waals surface area contributed by atoms with Gasteiger partial charge in [0.25, 0.3) is 10.2 Å². The molecule has 1 heterocycles. The molecule has 0 spiro atoms. The van der Waals surface area contributed by atoms with Crippen molar-refractivity contribution in [3.63, 3.8) is 0 Å².